The summed E-state index contributed by atoms with van der Waals surface area (Å²) < 4.78 is 7.13. The monoisotopic (exact) mass is 344 g/mol. The lowest BCUT2D eigenvalue weighted by Gasteiger charge is -2.31. The quantitative estimate of drug-likeness (QED) is 0.795. The number of esters is 1. The van der Waals surface area contributed by atoms with Crippen LogP contribution in [0.3, 0.4) is 0 Å². The van der Waals surface area contributed by atoms with Crippen LogP contribution < -0.4 is 0 Å². The SMILES string of the molecule is CCn1nnc2cc(C(=O)O[C@@H](C)C(=O)N3CCC(C)CC3)ccc21. The third-order valence-corrected chi connectivity index (χ3v) is 4.78. The van der Waals surface area contributed by atoms with Crippen molar-refractivity contribution in [3.05, 3.63) is 23.8 Å². The topological polar surface area (TPSA) is 77.3 Å². The Morgan fingerprint density at radius 3 is 2.72 bits per heavy atom. The summed E-state index contributed by atoms with van der Waals surface area (Å²) >= 11 is 0. The third kappa shape index (κ3) is 3.65. The van der Waals surface area contributed by atoms with Crippen LogP contribution in [-0.2, 0) is 16.1 Å². The van der Waals surface area contributed by atoms with Crippen LogP contribution in [0.15, 0.2) is 18.2 Å². The molecule has 1 aromatic heterocycles. The molecule has 1 aliphatic rings. The molecule has 0 saturated carbocycles. The van der Waals surface area contributed by atoms with Crippen LogP contribution in [0.25, 0.3) is 11.0 Å². The summed E-state index contributed by atoms with van der Waals surface area (Å²) in [6.45, 7) is 7.97. The Bertz CT molecular complexity index is 778. The van der Waals surface area contributed by atoms with Crippen LogP contribution in [0.4, 0.5) is 0 Å². The van der Waals surface area contributed by atoms with Crippen molar-refractivity contribution in [2.45, 2.75) is 46.3 Å². The van der Waals surface area contributed by atoms with Gasteiger partial charge in [-0.15, -0.1) is 5.10 Å². The van der Waals surface area contributed by atoms with E-state index >= 15 is 0 Å². The zero-order chi connectivity index (χ0) is 18.0. The summed E-state index contributed by atoms with van der Waals surface area (Å²) in [4.78, 5) is 26.6. The van der Waals surface area contributed by atoms with E-state index in [1.54, 1.807) is 34.7 Å². The number of rotatable bonds is 4. The molecule has 1 saturated heterocycles. The number of likely N-dealkylation sites (tertiary alicyclic amines) is 1. The minimum absolute atomic E-state index is 0.127. The largest absolute Gasteiger partial charge is 0.449 e. The van der Waals surface area contributed by atoms with Gasteiger partial charge < -0.3 is 9.64 Å². The molecule has 0 bridgehead atoms. The van der Waals surface area contributed by atoms with Crippen molar-refractivity contribution in [1.29, 1.82) is 0 Å². The summed E-state index contributed by atoms with van der Waals surface area (Å²) in [5.74, 6) is 0.00241. The first-order chi connectivity index (χ1) is 12.0. The summed E-state index contributed by atoms with van der Waals surface area (Å²) in [6.07, 6.45) is 1.20. The number of hydrogen-bond acceptors (Lipinski definition) is 5. The number of benzene rings is 1. The van der Waals surface area contributed by atoms with Gasteiger partial charge in [-0.05, 0) is 50.8 Å². The van der Waals surface area contributed by atoms with E-state index in [0.717, 1.165) is 31.4 Å². The van der Waals surface area contributed by atoms with Crippen LogP contribution in [0, 0.1) is 5.92 Å². The highest BCUT2D eigenvalue weighted by Gasteiger charge is 2.27. The molecule has 1 fully saturated rings. The number of piperidine rings is 1. The molecule has 1 amide bonds. The highest BCUT2D eigenvalue weighted by molar-refractivity contribution is 5.95. The third-order valence-electron chi connectivity index (χ3n) is 4.78. The van der Waals surface area contributed by atoms with Crippen molar-refractivity contribution in [2.24, 2.45) is 5.92 Å². The van der Waals surface area contributed by atoms with E-state index < -0.39 is 12.1 Å². The molecule has 7 heteroatoms. The molecule has 3 rings (SSSR count). The fourth-order valence-electron chi connectivity index (χ4n) is 3.10. The van der Waals surface area contributed by atoms with Crippen LogP contribution in [0.2, 0.25) is 0 Å². The maximum Gasteiger partial charge on any atom is 0.338 e. The van der Waals surface area contributed by atoms with Crippen molar-refractivity contribution >= 4 is 22.9 Å². The molecular weight excluding hydrogens is 320 g/mol. The fourth-order valence-corrected chi connectivity index (χ4v) is 3.10. The van der Waals surface area contributed by atoms with Crippen molar-refractivity contribution in [3.8, 4) is 0 Å². The maximum atomic E-state index is 12.4. The molecule has 7 nitrogen and oxygen atoms in total. The van der Waals surface area contributed by atoms with Gasteiger partial charge in [-0.1, -0.05) is 12.1 Å². The van der Waals surface area contributed by atoms with Gasteiger partial charge in [0.2, 0.25) is 0 Å². The van der Waals surface area contributed by atoms with E-state index in [2.05, 4.69) is 17.2 Å². The minimum Gasteiger partial charge on any atom is -0.449 e. The van der Waals surface area contributed by atoms with Gasteiger partial charge in [0.25, 0.3) is 5.91 Å². The number of aryl methyl sites for hydroxylation is 1. The highest BCUT2D eigenvalue weighted by atomic mass is 16.5. The number of carbonyl (C=O) groups is 2. The van der Waals surface area contributed by atoms with Crippen molar-refractivity contribution in [2.75, 3.05) is 13.1 Å². The van der Waals surface area contributed by atoms with Crippen molar-refractivity contribution in [3.63, 3.8) is 0 Å². The minimum atomic E-state index is -0.789. The lowest BCUT2D eigenvalue weighted by molar-refractivity contribution is -0.141. The summed E-state index contributed by atoms with van der Waals surface area (Å²) in [6, 6.07) is 5.13. The first-order valence-electron chi connectivity index (χ1n) is 8.82. The molecule has 1 aromatic carbocycles. The van der Waals surface area contributed by atoms with Crippen LogP contribution >= 0.6 is 0 Å². The second-order valence-corrected chi connectivity index (χ2v) is 6.66. The maximum absolute atomic E-state index is 12.4. The Hall–Kier alpha value is -2.44. The van der Waals surface area contributed by atoms with Gasteiger partial charge in [-0.25, -0.2) is 9.48 Å². The van der Waals surface area contributed by atoms with E-state index in [4.69, 9.17) is 4.74 Å². The van der Waals surface area contributed by atoms with Crippen molar-refractivity contribution < 1.29 is 14.3 Å². The van der Waals surface area contributed by atoms with E-state index in [-0.39, 0.29) is 5.91 Å². The Kier molecular flexibility index (Phi) is 5.01. The van der Waals surface area contributed by atoms with Crippen LogP contribution in [0.1, 0.15) is 44.0 Å². The normalized spacial score (nSPS) is 16.8. The summed E-state index contributed by atoms with van der Waals surface area (Å²) in [5.41, 5.74) is 1.88. The first kappa shape index (κ1) is 17.4. The van der Waals surface area contributed by atoms with Crippen LogP contribution in [0.5, 0.6) is 0 Å². The smallest absolute Gasteiger partial charge is 0.338 e. The highest BCUT2D eigenvalue weighted by Crippen LogP contribution is 2.18. The summed E-state index contributed by atoms with van der Waals surface area (Å²) in [5, 5.41) is 8.08. The van der Waals surface area contributed by atoms with Gasteiger partial charge in [0.1, 0.15) is 5.52 Å². The van der Waals surface area contributed by atoms with Gasteiger partial charge in [0, 0.05) is 19.6 Å². The molecule has 25 heavy (non-hydrogen) atoms. The second-order valence-electron chi connectivity index (χ2n) is 6.66. The predicted octanol–water partition coefficient (Wildman–Crippen LogP) is 2.25. The molecule has 0 unspecified atom stereocenters. The standard InChI is InChI=1S/C18H24N4O3/c1-4-22-16-6-5-14(11-15(16)19-20-22)18(24)25-13(3)17(23)21-9-7-12(2)8-10-21/h5-6,11-13H,4,7-10H2,1-3H3/t13-/m0/s1. The number of fused-ring (bicyclic) bond motifs is 1. The molecule has 2 heterocycles. The molecular formula is C18H24N4O3. The Morgan fingerprint density at radius 2 is 2.04 bits per heavy atom. The number of amides is 1. The average Bonchev–Trinajstić information content (AvgIpc) is 3.03. The lowest BCUT2D eigenvalue weighted by Crippen LogP contribution is -2.44. The second kappa shape index (κ2) is 7.21. The van der Waals surface area contributed by atoms with E-state index in [1.165, 1.54) is 0 Å². The molecule has 0 radical (unpaired) electrons. The number of carbonyl (C=O) groups excluding carboxylic acids is 2. The van der Waals surface area contributed by atoms with Crippen LogP contribution in [-0.4, -0.2) is 51.0 Å². The first-order valence-corrected chi connectivity index (χ1v) is 8.82. The molecule has 1 atom stereocenters. The van der Waals surface area contributed by atoms with E-state index in [9.17, 15) is 9.59 Å². The Balaban J connectivity index is 1.66. The number of hydrogen-bond donors (Lipinski definition) is 0. The molecule has 0 N–H and O–H groups in total. The molecule has 134 valence electrons. The van der Waals surface area contributed by atoms with Gasteiger partial charge >= 0.3 is 5.97 Å². The molecule has 2 aromatic rings. The molecule has 0 aliphatic carbocycles. The zero-order valence-corrected chi connectivity index (χ0v) is 14.9. The number of ether oxygens (including phenoxy) is 1. The number of nitrogens with zero attached hydrogens (tertiary/aromatic N) is 4. The van der Waals surface area contributed by atoms with Gasteiger partial charge in [0.15, 0.2) is 6.10 Å². The molecule has 1 aliphatic heterocycles. The van der Waals surface area contributed by atoms with Crippen molar-refractivity contribution in [1.82, 2.24) is 19.9 Å². The summed E-state index contributed by atoms with van der Waals surface area (Å²) in [7, 11) is 0. The van der Waals surface area contributed by atoms with Gasteiger partial charge in [-0.3, -0.25) is 4.79 Å². The van der Waals surface area contributed by atoms with Gasteiger partial charge in [0.05, 0.1) is 11.1 Å². The Morgan fingerprint density at radius 1 is 1.32 bits per heavy atom. The average molecular weight is 344 g/mol. The van der Waals surface area contributed by atoms with Gasteiger partial charge in [-0.2, -0.15) is 0 Å². The van der Waals surface area contributed by atoms with E-state index in [1.807, 2.05) is 6.92 Å². The Labute approximate surface area is 146 Å². The van der Waals surface area contributed by atoms with E-state index in [0.29, 0.717) is 23.5 Å². The predicted molar refractivity (Wildman–Crippen MR) is 93.1 cm³/mol. The fraction of sp³-hybridized carbons (Fsp3) is 0.556. The molecule has 0 spiro atoms. The number of aromatic nitrogens is 3. The zero-order valence-electron chi connectivity index (χ0n) is 14.9. The lowest BCUT2D eigenvalue weighted by atomic mass is 9.99.